The van der Waals surface area contributed by atoms with Crippen molar-refractivity contribution in [1.29, 1.82) is 0 Å². The maximum atomic E-state index is 12.5. The molecule has 22 heavy (non-hydrogen) atoms. The Balaban J connectivity index is 1.57. The minimum Gasteiger partial charge on any atom is -0.465 e. The lowest BCUT2D eigenvalue weighted by molar-refractivity contribution is -0.124. The molecular weight excluding hydrogens is 274 g/mol. The molecular formula is C19H23NO2. The molecule has 0 radical (unpaired) electrons. The maximum Gasteiger partial charge on any atom is 0.141 e. The highest BCUT2D eigenvalue weighted by Crippen LogP contribution is 2.21. The molecule has 1 saturated heterocycles. The molecule has 1 aliphatic rings. The van der Waals surface area contributed by atoms with E-state index in [1.54, 1.807) is 0 Å². The lowest BCUT2D eigenvalue weighted by Crippen LogP contribution is -2.38. The topological polar surface area (TPSA) is 33.5 Å². The zero-order valence-electron chi connectivity index (χ0n) is 13.1. The summed E-state index contributed by atoms with van der Waals surface area (Å²) in [5.74, 6) is 2.47. The van der Waals surface area contributed by atoms with E-state index in [1.165, 1.54) is 0 Å². The van der Waals surface area contributed by atoms with Gasteiger partial charge in [0.25, 0.3) is 0 Å². The molecule has 3 heteroatoms. The number of carbonyl (C=O) groups excluding carboxylic acids is 1. The molecule has 1 aliphatic heterocycles. The van der Waals surface area contributed by atoms with E-state index >= 15 is 0 Å². The zero-order chi connectivity index (χ0) is 15.4. The minimum atomic E-state index is 0.157. The number of likely N-dealkylation sites (tertiary alicyclic amines) is 1. The molecule has 3 rings (SSSR count). The molecule has 2 aromatic rings. The number of nitrogens with zero attached hydrogens (tertiary/aromatic N) is 1. The van der Waals surface area contributed by atoms with Gasteiger partial charge in [0, 0.05) is 18.9 Å². The Morgan fingerprint density at radius 3 is 2.77 bits per heavy atom. The van der Waals surface area contributed by atoms with Gasteiger partial charge in [-0.2, -0.15) is 0 Å². The Labute approximate surface area is 131 Å². The summed E-state index contributed by atoms with van der Waals surface area (Å²) >= 11 is 0. The van der Waals surface area contributed by atoms with Gasteiger partial charge in [-0.15, -0.1) is 0 Å². The average Bonchev–Trinajstić information content (AvgIpc) is 2.93. The van der Waals surface area contributed by atoms with E-state index in [4.69, 9.17) is 4.42 Å². The highest BCUT2D eigenvalue weighted by molar-refractivity contribution is 5.83. The van der Waals surface area contributed by atoms with Crippen molar-refractivity contribution in [3.8, 4) is 0 Å². The number of piperidine rings is 1. The molecule has 1 atom stereocenters. The zero-order valence-corrected chi connectivity index (χ0v) is 13.1. The number of hydrogen-bond acceptors (Lipinski definition) is 3. The third-order valence-corrected chi connectivity index (χ3v) is 4.36. The number of carbonyl (C=O) groups is 1. The van der Waals surface area contributed by atoms with E-state index in [9.17, 15) is 4.79 Å². The first-order valence-corrected chi connectivity index (χ1v) is 8.05. The first-order chi connectivity index (χ1) is 10.7. The van der Waals surface area contributed by atoms with E-state index in [1.807, 2.05) is 49.4 Å². The summed E-state index contributed by atoms with van der Waals surface area (Å²) in [6.07, 6.45) is 2.66. The summed E-state index contributed by atoms with van der Waals surface area (Å²) in [7, 11) is 0. The second-order valence-corrected chi connectivity index (χ2v) is 6.22. The van der Waals surface area contributed by atoms with Gasteiger partial charge >= 0.3 is 0 Å². The Hall–Kier alpha value is -1.87. The second-order valence-electron chi connectivity index (χ2n) is 6.22. The van der Waals surface area contributed by atoms with Gasteiger partial charge < -0.3 is 4.42 Å². The normalized spacial score (nSPS) is 19.2. The standard InChI is InChI=1S/C19H23NO2/c1-15-9-10-18(22-15)14-20-11-5-8-17(13-20)19(21)12-16-6-3-2-4-7-16/h2-4,6-7,9-10,17H,5,8,11-14H2,1H3/t17-/m1/s1. The number of aryl methyl sites for hydroxylation is 1. The fourth-order valence-electron chi connectivity index (χ4n) is 3.19. The third-order valence-electron chi connectivity index (χ3n) is 4.36. The molecule has 1 fully saturated rings. The number of rotatable bonds is 5. The molecule has 0 N–H and O–H groups in total. The molecule has 1 aromatic heterocycles. The van der Waals surface area contributed by atoms with Gasteiger partial charge in [-0.3, -0.25) is 9.69 Å². The van der Waals surface area contributed by atoms with Crippen LogP contribution in [0.5, 0.6) is 0 Å². The quantitative estimate of drug-likeness (QED) is 0.845. The van der Waals surface area contributed by atoms with Crippen LogP contribution >= 0.6 is 0 Å². The minimum absolute atomic E-state index is 0.157. The summed E-state index contributed by atoms with van der Waals surface area (Å²) < 4.78 is 5.65. The van der Waals surface area contributed by atoms with Crippen LogP contribution in [-0.4, -0.2) is 23.8 Å². The molecule has 0 unspecified atom stereocenters. The number of ketones is 1. The highest BCUT2D eigenvalue weighted by Gasteiger charge is 2.26. The lowest BCUT2D eigenvalue weighted by Gasteiger charge is -2.31. The third kappa shape index (κ3) is 3.86. The second kappa shape index (κ2) is 6.93. The predicted octanol–water partition coefficient (Wildman–Crippen LogP) is 3.61. The fourth-order valence-corrected chi connectivity index (χ4v) is 3.19. The molecule has 0 amide bonds. The Morgan fingerprint density at radius 2 is 2.05 bits per heavy atom. The van der Waals surface area contributed by atoms with Crippen molar-refractivity contribution in [2.45, 2.75) is 32.7 Å². The monoisotopic (exact) mass is 297 g/mol. The highest BCUT2D eigenvalue weighted by atomic mass is 16.3. The number of hydrogen-bond donors (Lipinski definition) is 0. The predicted molar refractivity (Wildman–Crippen MR) is 86.6 cm³/mol. The molecule has 0 saturated carbocycles. The van der Waals surface area contributed by atoms with Crippen molar-refractivity contribution in [2.24, 2.45) is 5.92 Å². The van der Waals surface area contributed by atoms with Gasteiger partial charge in [0.15, 0.2) is 0 Å². The largest absolute Gasteiger partial charge is 0.465 e. The summed E-state index contributed by atoms with van der Waals surface area (Å²) in [6, 6.07) is 14.1. The number of benzene rings is 1. The lowest BCUT2D eigenvalue weighted by atomic mass is 9.90. The molecule has 116 valence electrons. The smallest absolute Gasteiger partial charge is 0.141 e. The van der Waals surface area contributed by atoms with Gasteiger partial charge in [0.05, 0.1) is 6.54 Å². The van der Waals surface area contributed by atoms with Crippen molar-refractivity contribution in [1.82, 2.24) is 4.90 Å². The summed E-state index contributed by atoms with van der Waals surface area (Å²) in [6.45, 7) is 4.68. The molecule has 0 spiro atoms. The molecule has 0 bridgehead atoms. The van der Waals surface area contributed by atoms with E-state index in [-0.39, 0.29) is 5.92 Å². The number of furan rings is 1. The van der Waals surface area contributed by atoms with Crippen LogP contribution in [-0.2, 0) is 17.8 Å². The summed E-state index contributed by atoms with van der Waals surface area (Å²) in [5.41, 5.74) is 1.12. The first kappa shape index (κ1) is 15.0. The molecule has 0 aliphatic carbocycles. The molecule has 2 heterocycles. The maximum absolute atomic E-state index is 12.5. The van der Waals surface area contributed by atoms with Crippen LogP contribution in [0, 0.1) is 12.8 Å². The van der Waals surface area contributed by atoms with Crippen molar-refractivity contribution in [2.75, 3.05) is 13.1 Å². The van der Waals surface area contributed by atoms with Crippen molar-refractivity contribution in [3.05, 3.63) is 59.5 Å². The Morgan fingerprint density at radius 1 is 1.23 bits per heavy atom. The van der Waals surface area contributed by atoms with Crippen LogP contribution in [0.4, 0.5) is 0 Å². The van der Waals surface area contributed by atoms with E-state index in [0.717, 1.165) is 49.6 Å². The molecule has 3 nitrogen and oxygen atoms in total. The summed E-state index contributed by atoms with van der Waals surface area (Å²) in [4.78, 5) is 14.9. The average molecular weight is 297 g/mol. The fraction of sp³-hybridized carbons (Fsp3) is 0.421. The Kier molecular flexibility index (Phi) is 4.74. The van der Waals surface area contributed by atoms with E-state index in [0.29, 0.717) is 12.2 Å². The van der Waals surface area contributed by atoms with Crippen LogP contribution < -0.4 is 0 Å². The number of Topliss-reactive ketones (excluding diaryl/α,β-unsaturated/α-hetero) is 1. The van der Waals surface area contributed by atoms with Crippen molar-refractivity contribution >= 4 is 5.78 Å². The van der Waals surface area contributed by atoms with Gasteiger partial charge in [0.1, 0.15) is 17.3 Å². The van der Waals surface area contributed by atoms with Crippen LogP contribution in [0.25, 0.3) is 0 Å². The van der Waals surface area contributed by atoms with E-state index < -0.39 is 0 Å². The van der Waals surface area contributed by atoms with Gasteiger partial charge in [-0.25, -0.2) is 0 Å². The van der Waals surface area contributed by atoms with Crippen LogP contribution in [0.15, 0.2) is 46.9 Å². The van der Waals surface area contributed by atoms with Crippen molar-refractivity contribution < 1.29 is 9.21 Å². The molecule has 1 aromatic carbocycles. The summed E-state index contributed by atoms with van der Waals surface area (Å²) in [5, 5.41) is 0. The van der Waals surface area contributed by atoms with Crippen LogP contribution in [0.1, 0.15) is 29.9 Å². The van der Waals surface area contributed by atoms with Gasteiger partial charge in [-0.1, -0.05) is 30.3 Å². The van der Waals surface area contributed by atoms with Gasteiger partial charge in [0.2, 0.25) is 0 Å². The van der Waals surface area contributed by atoms with Gasteiger partial charge in [-0.05, 0) is 44.0 Å². The van der Waals surface area contributed by atoms with E-state index in [2.05, 4.69) is 4.90 Å². The van der Waals surface area contributed by atoms with Crippen LogP contribution in [0.3, 0.4) is 0 Å². The van der Waals surface area contributed by atoms with Crippen molar-refractivity contribution in [3.63, 3.8) is 0 Å². The SMILES string of the molecule is Cc1ccc(CN2CCC[C@@H](C(=O)Cc3ccccc3)C2)o1. The first-order valence-electron chi connectivity index (χ1n) is 8.05. The Bertz CT molecular complexity index is 617. The van der Waals surface area contributed by atoms with Crippen LogP contribution in [0.2, 0.25) is 0 Å².